The summed E-state index contributed by atoms with van der Waals surface area (Å²) in [6.07, 6.45) is 2.55. The molecule has 0 saturated heterocycles. The highest BCUT2D eigenvalue weighted by Gasteiger charge is 2.26. The third-order valence-electron chi connectivity index (χ3n) is 3.47. The van der Waals surface area contributed by atoms with Crippen molar-refractivity contribution in [2.45, 2.75) is 18.8 Å². The van der Waals surface area contributed by atoms with Crippen LogP contribution in [0.15, 0.2) is 34.7 Å². The molecule has 3 nitrogen and oxygen atoms in total. The Labute approximate surface area is 98.2 Å². The summed E-state index contributed by atoms with van der Waals surface area (Å²) in [5.74, 6) is 0.690. The Morgan fingerprint density at radius 1 is 1.18 bits per heavy atom. The number of aromatic nitrogens is 1. The minimum Gasteiger partial charge on any atom is -0.424 e. The van der Waals surface area contributed by atoms with Crippen LogP contribution in [0.5, 0.6) is 0 Å². The summed E-state index contributed by atoms with van der Waals surface area (Å²) < 4.78 is 5.46. The Kier molecular flexibility index (Phi) is 1.60. The van der Waals surface area contributed by atoms with Crippen LogP contribution in [0.25, 0.3) is 21.9 Å². The van der Waals surface area contributed by atoms with Gasteiger partial charge in [0, 0.05) is 5.39 Å². The first-order valence-electron chi connectivity index (χ1n) is 5.90. The molecule has 3 heteroatoms. The predicted molar refractivity (Wildman–Crippen MR) is 67.9 cm³/mol. The van der Waals surface area contributed by atoms with Gasteiger partial charge in [-0.3, -0.25) is 0 Å². The normalized spacial score (nSPS) is 15.8. The topological polar surface area (TPSA) is 52.0 Å². The molecule has 1 aliphatic rings. The van der Waals surface area contributed by atoms with Crippen molar-refractivity contribution in [3.05, 3.63) is 35.9 Å². The monoisotopic (exact) mass is 224 g/mol. The van der Waals surface area contributed by atoms with Gasteiger partial charge in [-0.1, -0.05) is 24.3 Å². The minimum absolute atomic E-state index is 0.248. The molecule has 84 valence electrons. The lowest BCUT2D eigenvalue weighted by Crippen LogP contribution is -1.85. The summed E-state index contributed by atoms with van der Waals surface area (Å²) in [6, 6.07) is 10.7. The highest BCUT2D eigenvalue weighted by atomic mass is 16.4. The second-order valence-corrected chi connectivity index (χ2v) is 4.68. The van der Waals surface area contributed by atoms with E-state index in [2.05, 4.69) is 29.2 Å². The summed E-state index contributed by atoms with van der Waals surface area (Å²) >= 11 is 0. The van der Waals surface area contributed by atoms with Crippen LogP contribution in [0.3, 0.4) is 0 Å². The molecule has 2 aromatic carbocycles. The summed E-state index contributed by atoms with van der Waals surface area (Å²) in [6.45, 7) is 0. The number of oxazole rings is 1. The molecule has 17 heavy (non-hydrogen) atoms. The quantitative estimate of drug-likeness (QED) is 0.688. The zero-order chi connectivity index (χ0) is 11.4. The Morgan fingerprint density at radius 3 is 2.71 bits per heavy atom. The molecular weight excluding hydrogens is 212 g/mol. The van der Waals surface area contributed by atoms with E-state index in [9.17, 15) is 0 Å². The van der Waals surface area contributed by atoms with Gasteiger partial charge < -0.3 is 10.2 Å². The van der Waals surface area contributed by atoms with E-state index in [-0.39, 0.29) is 6.01 Å². The molecule has 0 radical (unpaired) electrons. The average Bonchev–Trinajstić information content (AvgIpc) is 3.10. The van der Waals surface area contributed by atoms with Crippen LogP contribution in [0.2, 0.25) is 0 Å². The maximum Gasteiger partial charge on any atom is 0.293 e. The summed E-state index contributed by atoms with van der Waals surface area (Å²) in [5.41, 5.74) is 8.71. The predicted octanol–water partition coefficient (Wildman–Crippen LogP) is 3.44. The fourth-order valence-corrected chi connectivity index (χ4v) is 2.53. The van der Waals surface area contributed by atoms with Crippen LogP contribution in [0, 0.1) is 0 Å². The zero-order valence-electron chi connectivity index (χ0n) is 9.31. The Balaban J connectivity index is 2.21. The SMILES string of the molecule is Nc1nc2c(cc(C3CC3)c3ccccc32)o1. The number of nitrogen functional groups attached to an aromatic ring is 1. The Hall–Kier alpha value is -2.03. The van der Waals surface area contributed by atoms with Crippen LogP contribution in [-0.4, -0.2) is 4.98 Å². The lowest BCUT2D eigenvalue weighted by Gasteiger charge is -2.05. The van der Waals surface area contributed by atoms with E-state index in [0.717, 1.165) is 16.5 Å². The number of nitrogens with zero attached hydrogens (tertiary/aromatic N) is 1. The Bertz CT molecular complexity index is 725. The first-order chi connectivity index (χ1) is 8.33. The maximum atomic E-state index is 5.65. The summed E-state index contributed by atoms with van der Waals surface area (Å²) in [7, 11) is 0. The fourth-order valence-electron chi connectivity index (χ4n) is 2.53. The molecule has 0 spiro atoms. The summed E-state index contributed by atoms with van der Waals surface area (Å²) in [4.78, 5) is 4.27. The van der Waals surface area contributed by atoms with Crippen LogP contribution in [0.1, 0.15) is 24.3 Å². The number of nitrogens with two attached hydrogens (primary N) is 1. The van der Waals surface area contributed by atoms with Gasteiger partial charge in [0.15, 0.2) is 5.58 Å². The fraction of sp³-hybridized carbons (Fsp3) is 0.214. The van der Waals surface area contributed by atoms with E-state index in [1.807, 2.05) is 6.07 Å². The van der Waals surface area contributed by atoms with Gasteiger partial charge in [-0.15, -0.1) is 0 Å². The molecule has 0 unspecified atom stereocenters. The van der Waals surface area contributed by atoms with Crippen molar-refractivity contribution in [1.82, 2.24) is 4.98 Å². The molecule has 3 aromatic rings. The molecule has 0 atom stereocenters. The van der Waals surface area contributed by atoms with E-state index in [1.165, 1.54) is 23.8 Å². The van der Waals surface area contributed by atoms with Gasteiger partial charge in [0.25, 0.3) is 6.01 Å². The third kappa shape index (κ3) is 1.25. The van der Waals surface area contributed by atoms with Crippen molar-refractivity contribution in [2.24, 2.45) is 0 Å². The molecule has 0 amide bonds. The first kappa shape index (κ1) is 9.05. The van der Waals surface area contributed by atoms with Crippen molar-refractivity contribution in [2.75, 3.05) is 5.73 Å². The van der Waals surface area contributed by atoms with Gasteiger partial charge in [-0.05, 0) is 35.8 Å². The second kappa shape index (κ2) is 3.00. The molecule has 2 N–H and O–H groups in total. The maximum absolute atomic E-state index is 5.65. The van der Waals surface area contributed by atoms with E-state index in [1.54, 1.807) is 0 Å². The lowest BCUT2D eigenvalue weighted by molar-refractivity contribution is 0.626. The smallest absolute Gasteiger partial charge is 0.293 e. The highest BCUT2D eigenvalue weighted by Crippen LogP contribution is 2.45. The van der Waals surface area contributed by atoms with E-state index in [0.29, 0.717) is 5.92 Å². The molecule has 0 aliphatic heterocycles. The third-order valence-corrected chi connectivity index (χ3v) is 3.47. The lowest BCUT2D eigenvalue weighted by atomic mass is 10.00. The largest absolute Gasteiger partial charge is 0.424 e. The Morgan fingerprint density at radius 2 is 1.94 bits per heavy atom. The molecule has 1 aliphatic carbocycles. The number of hydrogen-bond acceptors (Lipinski definition) is 3. The summed E-state index contributed by atoms with van der Waals surface area (Å²) in [5, 5.41) is 2.43. The van der Waals surface area contributed by atoms with Crippen molar-refractivity contribution in [3.63, 3.8) is 0 Å². The number of hydrogen-bond donors (Lipinski definition) is 1. The molecule has 0 bridgehead atoms. The van der Waals surface area contributed by atoms with Crippen LogP contribution >= 0.6 is 0 Å². The van der Waals surface area contributed by atoms with Crippen molar-refractivity contribution < 1.29 is 4.42 Å². The van der Waals surface area contributed by atoms with Crippen LogP contribution in [-0.2, 0) is 0 Å². The number of fused-ring (bicyclic) bond motifs is 3. The van der Waals surface area contributed by atoms with Crippen molar-refractivity contribution >= 4 is 27.9 Å². The number of anilines is 1. The van der Waals surface area contributed by atoms with Gasteiger partial charge in [-0.2, -0.15) is 4.98 Å². The van der Waals surface area contributed by atoms with Crippen molar-refractivity contribution in [1.29, 1.82) is 0 Å². The van der Waals surface area contributed by atoms with Gasteiger partial charge in [0.05, 0.1) is 0 Å². The van der Waals surface area contributed by atoms with E-state index >= 15 is 0 Å². The molecular formula is C14H12N2O. The number of benzene rings is 2. The molecule has 1 aromatic heterocycles. The van der Waals surface area contributed by atoms with Gasteiger partial charge >= 0.3 is 0 Å². The van der Waals surface area contributed by atoms with Gasteiger partial charge in [0.2, 0.25) is 0 Å². The molecule has 1 fully saturated rings. The standard InChI is InChI=1S/C14H12N2O/c15-14-16-13-10-4-2-1-3-9(10)11(8-5-6-8)7-12(13)17-14/h1-4,7-8H,5-6H2,(H2,15,16). The minimum atomic E-state index is 0.248. The van der Waals surface area contributed by atoms with Crippen molar-refractivity contribution in [3.8, 4) is 0 Å². The van der Waals surface area contributed by atoms with Gasteiger partial charge in [0.1, 0.15) is 5.52 Å². The van der Waals surface area contributed by atoms with Crippen LogP contribution in [0.4, 0.5) is 6.01 Å². The molecule has 1 saturated carbocycles. The first-order valence-corrected chi connectivity index (χ1v) is 5.90. The van der Waals surface area contributed by atoms with Crippen LogP contribution < -0.4 is 5.73 Å². The molecule has 4 rings (SSSR count). The average molecular weight is 224 g/mol. The van der Waals surface area contributed by atoms with E-state index < -0.39 is 0 Å². The number of rotatable bonds is 1. The van der Waals surface area contributed by atoms with Gasteiger partial charge in [-0.25, -0.2) is 0 Å². The zero-order valence-corrected chi connectivity index (χ0v) is 9.31. The second-order valence-electron chi connectivity index (χ2n) is 4.68. The highest BCUT2D eigenvalue weighted by molar-refractivity contribution is 6.05. The van der Waals surface area contributed by atoms with E-state index in [4.69, 9.17) is 10.2 Å². The molecule has 1 heterocycles.